The maximum absolute atomic E-state index is 9.85. The number of hydrogen-bond donors (Lipinski definition) is 2. The summed E-state index contributed by atoms with van der Waals surface area (Å²) in [6.45, 7) is 2.03. The van der Waals surface area contributed by atoms with Crippen molar-refractivity contribution in [3.63, 3.8) is 0 Å². The summed E-state index contributed by atoms with van der Waals surface area (Å²) in [7, 11) is 0. The SMILES string of the molecule is Cc1ccccc1C(N)C1(O)CC1. The zero-order valence-corrected chi connectivity index (χ0v) is 7.83. The second-order valence-corrected chi connectivity index (χ2v) is 3.94. The van der Waals surface area contributed by atoms with Gasteiger partial charge in [0, 0.05) is 0 Å². The number of nitrogens with two attached hydrogens (primary N) is 1. The maximum Gasteiger partial charge on any atom is 0.0841 e. The molecule has 2 heteroatoms. The summed E-state index contributed by atoms with van der Waals surface area (Å²) in [5.74, 6) is 0. The Morgan fingerprint density at radius 2 is 2.00 bits per heavy atom. The van der Waals surface area contributed by atoms with Crippen molar-refractivity contribution >= 4 is 0 Å². The normalized spacial score (nSPS) is 21.2. The number of aryl methyl sites for hydroxylation is 1. The summed E-state index contributed by atoms with van der Waals surface area (Å²) in [6, 6.07) is 7.77. The van der Waals surface area contributed by atoms with E-state index in [4.69, 9.17) is 5.73 Å². The van der Waals surface area contributed by atoms with Gasteiger partial charge in [0.25, 0.3) is 0 Å². The van der Waals surface area contributed by atoms with Gasteiger partial charge >= 0.3 is 0 Å². The van der Waals surface area contributed by atoms with Crippen LogP contribution in [0.3, 0.4) is 0 Å². The van der Waals surface area contributed by atoms with Gasteiger partial charge in [-0.3, -0.25) is 0 Å². The molecule has 0 aliphatic heterocycles. The van der Waals surface area contributed by atoms with Crippen LogP contribution in [0, 0.1) is 6.92 Å². The van der Waals surface area contributed by atoms with Gasteiger partial charge in [-0.15, -0.1) is 0 Å². The van der Waals surface area contributed by atoms with Crippen LogP contribution in [0.25, 0.3) is 0 Å². The molecule has 0 bridgehead atoms. The van der Waals surface area contributed by atoms with E-state index in [0.717, 1.165) is 24.0 Å². The standard InChI is InChI=1S/C11H15NO/c1-8-4-2-3-5-9(8)10(12)11(13)6-7-11/h2-5,10,13H,6-7,12H2,1H3. The first-order valence-corrected chi connectivity index (χ1v) is 4.67. The van der Waals surface area contributed by atoms with Crippen LogP contribution in [0.2, 0.25) is 0 Å². The lowest BCUT2D eigenvalue weighted by molar-refractivity contribution is 0.119. The van der Waals surface area contributed by atoms with Gasteiger partial charge in [0.2, 0.25) is 0 Å². The number of hydrogen-bond acceptors (Lipinski definition) is 2. The molecule has 1 aromatic rings. The largest absolute Gasteiger partial charge is 0.388 e. The van der Waals surface area contributed by atoms with Gasteiger partial charge < -0.3 is 10.8 Å². The molecule has 1 aliphatic carbocycles. The fourth-order valence-electron chi connectivity index (χ4n) is 1.66. The van der Waals surface area contributed by atoms with Gasteiger partial charge in [0.1, 0.15) is 0 Å². The fourth-order valence-corrected chi connectivity index (χ4v) is 1.66. The molecule has 0 spiro atoms. The van der Waals surface area contributed by atoms with Gasteiger partial charge in [-0.25, -0.2) is 0 Å². The van der Waals surface area contributed by atoms with Crippen molar-refractivity contribution in [1.82, 2.24) is 0 Å². The third kappa shape index (κ3) is 1.47. The molecule has 1 unspecified atom stereocenters. The fraction of sp³-hybridized carbons (Fsp3) is 0.455. The molecular formula is C11H15NO. The van der Waals surface area contributed by atoms with Crippen molar-refractivity contribution in [3.05, 3.63) is 35.4 Å². The molecule has 1 aliphatic rings. The summed E-state index contributed by atoms with van der Waals surface area (Å²) < 4.78 is 0. The lowest BCUT2D eigenvalue weighted by atomic mass is 9.96. The van der Waals surface area contributed by atoms with Crippen molar-refractivity contribution < 1.29 is 5.11 Å². The topological polar surface area (TPSA) is 46.2 Å². The van der Waals surface area contributed by atoms with Crippen molar-refractivity contribution in [2.75, 3.05) is 0 Å². The van der Waals surface area contributed by atoms with Gasteiger partial charge in [-0.05, 0) is 30.9 Å². The smallest absolute Gasteiger partial charge is 0.0841 e. The molecule has 2 rings (SSSR count). The van der Waals surface area contributed by atoms with Crippen LogP contribution < -0.4 is 5.73 Å². The zero-order valence-electron chi connectivity index (χ0n) is 7.83. The summed E-state index contributed by atoms with van der Waals surface area (Å²) in [4.78, 5) is 0. The molecule has 70 valence electrons. The molecule has 0 aromatic heterocycles. The number of rotatable bonds is 2. The highest BCUT2D eigenvalue weighted by atomic mass is 16.3. The van der Waals surface area contributed by atoms with Crippen molar-refractivity contribution in [1.29, 1.82) is 0 Å². The monoisotopic (exact) mass is 177 g/mol. The molecule has 0 amide bonds. The van der Waals surface area contributed by atoms with E-state index in [-0.39, 0.29) is 6.04 Å². The molecule has 1 atom stereocenters. The molecule has 1 aromatic carbocycles. The second-order valence-electron chi connectivity index (χ2n) is 3.94. The molecule has 1 fully saturated rings. The quantitative estimate of drug-likeness (QED) is 0.719. The Kier molecular flexibility index (Phi) is 1.90. The highest BCUT2D eigenvalue weighted by Crippen LogP contribution is 2.44. The van der Waals surface area contributed by atoms with E-state index in [0.29, 0.717) is 0 Å². The molecule has 0 saturated heterocycles. The Balaban J connectivity index is 2.30. The molecule has 1 saturated carbocycles. The van der Waals surface area contributed by atoms with E-state index >= 15 is 0 Å². The predicted octanol–water partition coefficient (Wildman–Crippen LogP) is 1.52. The van der Waals surface area contributed by atoms with E-state index in [2.05, 4.69) is 0 Å². The third-order valence-corrected chi connectivity index (χ3v) is 2.86. The first kappa shape index (κ1) is 8.73. The first-order valence-electron chi connectivity index (χ1n) is 4.67. The summed E-state index contributed by atoms with van der Waals surface area (Å²) >= 11 is 0. The molecule has 2 nitrogen and oxygen atoms in total. The average Bonchev–Trinajstić information content (AvgIpc) is 2.85. The lowest BCUT2D eigenvalue weighted by Crippen LogP contribution is -2.28. The zero-order chi connectivity index (χ0) is 9.47. The molecular weight excluding hydrogens is 162 g/mol. The highest BCUT2D eigenvalue weighted by Gasteiger charge is 2.46. The Morgan fingerprint density at radius 3 is 2.54 bits per heavy atom. The summed E-state index contributed by atoms with van der Waals surface area (Å²) in [6.07, 6.45) is 1.67. The van der Waals surface area contributed by atoms with Crippen molar-refractivity contribution in [2.45, 2.75) is 31.4 Å². The van der Waals surface area contributed by atoms with Crippen LogP contribution >= 0.6 is 0 Å². The minimum Gasteiger partial charge on any atom is -0.388 e. The minimum absolute atomic E-state index is 0.214. The molecule has 0 radical (unpaired) electrons. The van der Waals surface area contributed by atoms with Crippen LogP contribution in [0.4, 0.5) is 0 Å². The van der Waals surface area contributed by atoms with E-state index in [1.807, 2.05) is 31.2 Å². The third-order valence-electron chi connectivity index (χ3n) is 2.86. The Labute approximate surface area is 78.4 Å². The highest BCUT2D eigenvalue weighted by molar-refractivity contribution is 5.32. The van der Waals surface area contributed by atoms with Gasteiger partial charge in [-0.1, -0.05) is 24.3 Å². The van der Waals surface area contributed by atoms with Crippen LogP contribution in [0.5, 0.6) is 0 Å². The van der Waals surface area contributed by atoms with Crippen LogP contribution in [-0.2, 0) is 0 Å². The van der Waals surface area contributed by atoms with Gasteiger partial charge in [0.05, 0.1) is 11.6 Å². The van der Waals surface area contributed by atoms with Crippen molar-refractivity contribution in [3.8, 4) is 0 Å². The Bertz CT molecular complexity index is 318. The van der Waals surface area contributed by atoms with E-state index < -0.39 is 5.60 Å². The predicted molar refractivity (Wildman–Crippen MR) is 52.3 cm³/mol. The number of benzene rings is 1. The van der Waals surface area contributed by atoms with Gasteiger partial charge in [-0.2, -0.15) is 0 Å². The van der Waals surface area contributed by atoms with Crippen molar-refractivity contribution in [2.24, 2.45) is 5.73 Å². The Morgan fingerprint density at radius 1 is 1.38 bits per heavy atom. The van der Waals surface area contributed by atoms with Gasteiger partial charge in [0.15, 0.2) is 0 Å². The van der Waals surface area contributed by atoms with Crippen LogP contribution in [-0.4, -0.2) is 10.7 Å². The first-order chi connectivity index (χ1) is 6.13. The summed E-state index contributed by atoms with van der Waals surface area (Å²) in [5, 5.41) is 9.85. The molecule has 3 N–H and O–H groups in total. The maximum atomic E-state index is 9.85. The van der Waals surface area contributed by atoms with Crippen LogP contribution in [0.1, 0.15) is 30.0 Å². The van der Waals surface area contributed by atoms with Crippen LogP contribution in [0.15, 0.2) is 24.3 Å². The Hall–Kier alpha value is -0.860. The van der Waals surface area contributed by atoms with E-state index in [1.54, 1.807) is 0 Å². The molecule has 13 heavy (non-hydrogen) atoms. The second kappa shape index (κ2) is 2.82. The lowest BCUT2D eigenvalue weighted by Gasteiger charge is -2.19. The number of aliphatic hydroxyl groups is 1. The van der Waals surface area contributed by atoms with E-state index in [1.165, 1.54) is 0 Å². The minimum atomic E-state index is -0.619. The molecule has 0 heterocycles. The summed E-state index contributed by atoms with van der Waals surface area (Å²) in [5.41, 5.74) is 7.60. The van der Waals surface area contributed by atoms with E-state index in [9.17, 15) is 5.11 Å². The average molecular weight is 177 g/mol.